The number of carbonyl (C=O) groups excluding carboxylic acids is 2. The topological polar surface area (TPSA) is 78.4 Å². The molecule has 0 bridgehead atoms. The van der Waals surface area contributed by atoms with Crippen molar-refractivity contribution in [1.29, 1.82) is 0 Å². The molecular formula is C14H20N2O3. The summed E-state index contributed by atoms with van der Waals surface area (Å²) < 4.78 is 0. The summed E-state index contributed by atoms with van der Waals surface area (Å²) in [5, 5.41) is 14.9. The average molecular weight is 264 g/mol. The number of amides is 2. The van der Waals surface area contributed by atoms with Gasteiger partial charge in [-0.2, -0.15) is 0 Å². The number of aliphatic hydroxyl groups is 1. The summed E-state index contributed by atoms with van der Waals surface area (Å²) >= 11 is 0. The second-order valence-corrected chi connectivity index (χ2v) is 4.78. The molecule has 104 valence electrons. The maximum Gasteiger partial charge on any atom is 0.251 e. The lowest BCUT2D eigenvalue weighted by atomic mass is 10.1. The number of benzene rings is 1. The van der Waals surface area contributed by atoms with E-state index < -0.39 is 6.10 Å². The van der Waals surface area contributed by atoms with Crippen molar-refractivity contribution in [2.75, 3.05) is 11.9 Å². The smallest absolute Gasteiger partial charge is 0.251 e. The summed E-state index contributed by atoms with van der Waals surface area (Å²) in [6.07, 6.45) is -0.553. The zero-order chi connectivity index (χ0) is 14.4. The number of hydrogen-bond acceptors (Lipinski definition) is 3. The van der Waals surface area contributed by atoms with Crippen molar-refractivity contribution in [3.63, 3.8) is 0 Å². The van der Waals surface area contributed by atoms with Crippen LogP contribution in [0.25, 0.3) is 0 Å². The van der Waals surface area contributed by atoms with Crippen molar-refractivity contribution < 1.29 is 14.7 Å². The van der Waals surface area contributed by atoms with Gasteiger partial charge in [-0.3, -0.25) is 9.59 Å². The van der Waals surface area contributed by atoms with Gasteiger partial charge in [0.2, 0.25) is 5.91 Å². The molecule has 1 aromatic carbocycles. The third-order valence-corrected chi connectivity index (χ3v) is 2.71. The average Bonchev–Trinajstić information content (AvgIpc) is 2.35. The van der Waals surface area contributed by atoms with E-state index in [0.29, 0.717) is 11.3 Å². The molecule has 1 atom stereocenters. The molecule has 1 rings (SSSR count). The molecule has 0 spiro atoms. The molecule has 0 radical (unpaired) electrons. The van der Waals surface area contributed by atoms with Gasteiger partial charge in [-0.1, -0.05) is 13.8 Å². The Morgan fingerprint density at radius 2 is 1.79 bits per heavy atom. The van der Waals surface area contributed by atoms with E-state index in [4.69, 9.17) is 0 Å². The van der Waals surface area contributed by atoms with E-state index in [1.807, 2.05) is 13.8 Å². The highest BCUT2D eigenvalue weighted by Crippen LogP contribution is 2.09. The fourth-order valence-electron chi connectivity index (χ4n) is 1.44. The predicted molar refractivity (Wildman–Crippen MR) is 73.9 cm³/mol. The highest BCUT2D eigenvalue weighted by molar-refractivity contribution is 5.95. The van der Waals surface area contributed by atoms with Crippen LogP contribution in [0.3, 0.4) is 0 Å². The molecule has 0 saturated heterocycles. The largest absolute Gasteiger partial charge is 0.391 e. The third-order valence-electron chi connectivity index (χ3n) is 2.71. The van der Waals surface area contributed by atoms with Crippen molar-refractivity contribution in [3.05, 3.63) is 29.8 Å². The van der Waals surface area contributed by atoms with Gasteiger partial charge in [-0.05, 0) is 30.2 Å². The molecule has 0 aliphatic rings. The van der Waals surface area contributed by atoms with E-state index >= 15 is 0 Å². The number of rotatable bonds is 5. The van der Waals surface area contributed by atoms with Gasteiger partial charge in [0.05, 0.1) is 6.10 Å². The molecule has 0 saturated carbocycles. The molecule has 1 unspecified atom stereocenters. The summed E-state index contributed by atoms with van der Waals surface area (Å²) in [7, 11) is 0. The Hall–Kier alpha value is -1.88. The van der Waals surface area contributed by atoms with Crippen LogP contribution in [0.4, 0.5) is 5.69 Å². The first-order valence-electron chi connectivity index (χ1n) is 6.24. The first-order valence-corrected chi connectivity index (χ1v) is 6.24. The fourth-order valence-corrected chi connectivity index (χ4v) is 1.44. The minimum Gasteiger partial charge on any atom is -0.391 e. The molecule has 0 fully saturated rings. The molecule has 3 N–H and O–H groups in total. The summed E-state index contributed by atoms with van der Waals surface area (Å²) in [5.41, 5.74) is 1.14. The van der Waals surface area contributed by atoms with Gasteiger partial charge in [0.15, 0.2) is 0 Å². The predicted octanol–water partition coefficient (Wildman–Crippen LogP) is 1.39. The fraction of sp³-hybridized carbons (Fsp3) is 0.429. The Labute approximate surface area is 113 Å². The zero-order valence-corrected chi connectivity index (χ0v) is 11.4. The van der Waals surface area contributed by atoms with E-state index in [-0.39, 0.29) is 24.3 Å². The first-order chi connectivity index (χ1) is 8.90. The van der Waals surface area contributed by atoms with Crippen LogP contribution in [0.2, 0.25) is 0 Å². The minimum atomic E-state index is -0.553. The first kappa shape index (κ1) is 15.2. The summed E-state index contributed by atoms with van der Waals surface area (Å²) in [5.74, 6) is -0.297. The van der Waals surface area contributed by atoms with Crippen LogP contribution >= 0.6 is 0 Å². The number of hydrogen-bond donors (Lipinski definition) is 3. The highest BCUT2D eigenvalue weighted by Gasteiger charge is 2.11. The van der Waals surface area contributed by atoms with E-state index in [1.165, 1.54) is 6.92 Å². The van der Waals surface area contributed by atoms with Crippen molar-refractivity contribution in [1.82, 2.24) is 5.32 Å². The normalized spacial score (nSPS) is 12.1. The van der Waals surface area contributed by atoms with E-state index in [0.717, 1.165) is 0 Å². The van der Waals surface area contributed by atoms with Crippen molar-refractivity contribution >= 4 is 17.5 Å². The monoisotopic (exact) mass is 264 g/mol. The molecule has 0 aliphatic heterocycles. The Kier molecular flexibility index (Phi) is 5.51. The number of carbonyl (C=O) groups is 2. The summed E-state index contributed by atoms with van der Waals surface area (Å²) in [6, 6.07) is 6.58. The van der Waals surface area contributed by atoms with E-state index in [9.17, 15) is 14.7 Å². The van der Waals surface area contributed by atoms with Crippen molar-refractivity contribution in [2.45, 2.75) is 26.9 Å². The molecule has 5 nitrogen and oxygen atoms in total. The molecule has 1 aromatic rings. The van der Waals surface area contributed by atoms with Crippen LogP contribution in [-0.2, 0) is 4.79 Å². The quantitative estimate of drug-likeness (QED) is 0.752. The maximum absolute atomic E-state index is 11.8. The van der Waals surface area contributed by atoms with Crippen LogP contribution < -0.4 is 10.6 Å². The number of anilines is 1. The number of nitrogens with one attached hydrogen (secondary N) is 2. The summed E-state index contributed by atoms with van der Waals surface area (Å²) in [4.78, 5) is 22.7. The molecule has 19 heavy (non-hydrogen) atoms. The van der Waals surface area contributed by atoms with Gasteiger partial charge in [0.25, 0.3) is 5.91 Å². The third kappa shape index (κ3) is 5.09. The van der Waals surface area contributed by atoms with Crippen molar-refractivity contribution in [3.8, 4) is 0 Å². The van der Waals surface area contributed by atoms with Crippen LogP contribution in [0, 0.1) is 5.92 Å². The van der Waals surface area contributed by atoms with Gasteiger partial charge in [-0.15, -0.1) is 0 Å². The maximum atomic E-state index is 11.8. The lowest BCUT2D eigenvalue weighted by Crippen LogP contribution is -2.34. The van der Waals surface area contributed by atoms with Gasteiger partial charge in [0, 0.05) is 24.7 Å². The van der Waals surface area contributed by atoms with Gasteiger partial charge in [0.1, 0.15) is 0 Å². The van der Waals surface area contributed by atoms with E-state index in [1.54, 1.807) is 24.3 Å². The van der Waals surface area contributed by atoms with Crippen LogP contribution in [0.5, 0.6) is 0 Å². The zero-order valence-electron chi connectivity index (χ0n) is 11.4. The molecule has 5 heteroatoms. The Balaban J connectivity index is 2.55. The van der Waals surface area contributed by atoms with E-state index in [2.05, 4.69) is 10.6 Å². The number of aliphatic hydroxyl groups excluding tert-OH is 1. The van der Waals surface area contributed by atoms with Crippen LogP contribution in [0.15, 0.2) is 24.3 Å². The molecule has 0 aliphatic carbocycles. The highest BCUT2D eigenvalue weighted by atomic mass is 16.3. The molecule has 0 aromatic heterocycles. The lowest BCUT2D eigenvalue weighted by Gasteiger charge is -2.15. The molecular weight excluding hydrogens is 244 g/mol. The lowest BCUT2D eigenvalue weighted by molar-refractivity contribution is -0.114. The second kappa shape index (κ2) is 6.89. The standard InChI is InChI=1S/C14H20N2O3/c1-9(2)13(18)8-15-14(19)11-4-6-12(7-5-11)16-10(3)17/h4-7,9,13,18H,8H2,1-3H3,(H,15,19)(H,16,17). The van der Waals surface area contributed by atoms with Gasteiger partial charge >= 0.3 is 0 Å². The minimum absolute atomic E-state index is 0.0995. The second-order valence-electron chi connectivity index (χ2n) is 4.78. The Morgan fingerprint density at radius 3 is 2.26 bits per heavy atom. The molecule has 0 heterocycles. The Bertz CT molecular complexity index is 441. The van der Waals surface area contributed by atoms with Crippen LogP contribution in [0.1, 0.15) is 31.1 Å². The van der Waals surface area contributed by atoms with Crippen molar-refractivity contribution in [2.24, 2.45) is 5.92 Å². The van der Waals surface area contributed by atoms with Gasteiger partial charge in [-0.25, -0.2) is 0 Å². The molecule has 2 amide bonds. The van der Waals surface area contributed by atoms with Crippen LogP contribution in [-0.4, -0.2) is 29.6 Å². The SMILES string of the molecule is CC(=O)Nc1ccc(C(=O)NCC(O)C(C)C)cc1. The van der Waals surface area contributed by atoms with Gasteiger partial charge < -0.3 is 15.7 Å². The Morgan fingerprint density at radius 1 is 1.21 bits per heavy atom. The summed E-state index contributed by atoms with van der Waals surface area (Å²) in [6.45, 7) is 5.43.